The molecule has 0 bridgehead atoms. The summed E-state index contributed by atoms with van der Waals surface area (Å²) >= 11 is 6.10. The van der Waals surface area contributed by atoms with E-state index in [0.717, 1.165) is 46.7 Å². The monoisotopic (exact) mass is 687 g/mol. The van der Waals surface area contributed by atoms with Crippen molar-refractivity contribution in [1.29, 1.82) is 0 Å². The number of ether oxygens (including phenoxy) is 1. The summed E-state index contributed by atoms with van der Waals surface area (Å²) < 4.78 is 35.6. The fourth-order valence-electron chi connectivity index (χ4n) is 6.12. The maximum Gasteiger partial charge on any atom is 0.264 e. The molecular weight excluding hydrogens is 646 g/mol. The van der Waals surface area contributed by atoms with Crippen molar-refractivity contribution in [3.63, 3.8) is 0 Å². The molecule has 0 aromatic heterocycles. The quantitative estimate of drug-likeness (QED) is 0.155. The highest BCUT2D eigenvalue weighted by atomic mass is 35.5. The van der Waals surface area contributed by atoms with E-state index in [4.69, 9.17) is 16.3 Å². The van der Waals surface area contributed by atoms with Gasteiger partial charge in [0, 0.05) is 24.0 Å². The van der Waals surface area contributed by atoms with Crippen molar-refractivity contribution in [2.24, 2.45) is 0 Å². The number of para-hydroxylation sites is 2. The number of aryl methyl sites for hydroxylation is 1. The number of carbonyl (C=O) groups is 2. The molecule has 0 radical (unpaired) electrons. The molecule has 5 rings (SSSR count). The Morgan fingerprint density at radius 3 is 2.25 bits per heavy atom. The summed E-state index contributed by atoms with van der Waals surface area (Å²) in [5.74, 6) is -0.466. The second-order valence-electron chi connectivity index (χ2n) is 12.1. The lowest BCUT2D eigenvalue weighted by atomic mass is 10.0. The van der Waals surface area contributed by atoms with Crippen molar-refractivity contribution in [1.82, 2.24) is 10.2 Å². The van der Waals surface area contributed by atoms with Crippen molar-refractivity contribution in [3.05, 3.63) is 125 Å². The van der Waals surface area contributed by atoms with Crippen LogP contribution in [0.2, 0.25) is 5.02 Å². The lowest BCUT2D eigenvalue weighted by Crippen LogP contribution is -2.54. The Morgan fingerprint density at radius 2 is 1.56 bits per heavy atom. The molecule has 0 heterocycles. The van der Waals surface area contributed by atoms with Gasteiger partial charge in [-0.05, 0) is 74.2 Å². The molecule has 252 valence electrons. The maximum atomic E-state index is 14.8. The summed E-state index contributed by atoms with van der Waals surface area (Å²) in [7, 11) is -4.30. The lowest BCUT2D eigenvalue weighted by molar-refractivity contribution is -0.140. The predicted molar refractivity (Wildman–Crippen MR) is 190 cm³/mol. The van der Waals surface area contributed by atoms with Crippen molar-refractivity contribution in [2.75, 3.05) is 17.5 Å². The number of sulfonamides is 1. The van der Waals surface area contributed by atoms with E-state index in [1.54, 1.807) is 31.2 Å². The molecule has 1 saturated carbocycles. The summed E-state index contributed by atoms with van der Waals surface area (Å²) in [6, 6.07) is 29.0. The van der Waals surface area contributed by atoms with Gasteiger partial charge in [-0.15, -0.1) is 0 Å². The average Bonchev–Trinajstić information content (AvgIpc) is 3.59. The number of rotatable bonds is 14. The van der Waals surface area contributed by atoms with Gasteiger partial charge in [0.15, 0.2) is 0 Å². The normalized spacial score (nSPS) is 13.9. The lowest BCUT2D eigenvalue weighted by Gasteiger charge is -2.34. The highest BCUT2D eigenvalue weighted by Gasteiger charge is 2.36. The minimum Gasteiger partial charge on any atom is -0.492 e. The van der Waals surface area contributed by atoms with Gasteiger partial charge >= 0.3 is 0 Å². The molecule has 0 aliphatic heterocycles. The van der Waals surface area contributed by atoms with E-state index in [-0.39, 0.29) is 35.5 Å². The van der Waals surface area contributed by atoms with Crippen LogP contribution in [0.25, 0.3) is 0 Å². The molecule has 1 aliphatic rings. The standard InChI is InChI=1S/C38H42ClN3O5S/c1-3-47-36-19-10-9-18-34(36)42(48(45,46)33-22-20-31(39)21-23-33)27-37(43)41(26-30-15-11-12-28(2)24-30)35(25-29-13-5-4-6-14-29)38(44)40-32-16-7-8-17-32/h4-6,9-15,18-24,32,35H,3,7-8,16-17,25-27H2,1-2H3,(H,40,44). The summed E-state index contributed by atoms with van der Waals surface area (Å²) in [6.07, 6.45) is 4.11. The number of carbonyl (C=O) groups excluding carboxylic acids is 2. The molecule has 0 spiro atoms. The zero-order chi connectivity index (χ0) is 34.1. The molecule has 10 heteroatoms. The number of halogens is 1. The van der Waals surface area contributed by atoms with Crippen LogP contribution in [0.1, 0.15) is 49.3 Å². The molecule has 4 aromatic carbocycles. The molecule has 1 atom stereocenters. The number of nitrogens with zero attached hydrogens (tertiary/aromatic N) is 2. The Hall–Kier alpha value is -4.34. The van der Waals surface area contributed by atoms with Crippen LogP contribution < -0.4 is 14.4 Å². The Labute approximate surface area is 288 Å². The minimum absolute atomic E-state index is 0.0314. The number of benzene rings is 4. The molecule has 48 heavy (non-hydrogen) atoms. The van der Waals surface area contributed by atoms with E-state index < -0.39 is 28.5 Å². The van der Waals surface area contributed by atoms with Gasteiger partial charge in [-0.3, -0.25) is 13.9 Å². The Morgan fingerprint density at radius 1 is 0.896 bits per heavy atom. The summed E-state index contributed by atoms with van der Waals surface area (Å²) in [6.45, 7) is 3.61. The van der Waals surface area contributed by atoms with Crippen molar-refractivity contribution < 1.29 is 22.7 Å². The summed E-state index contributed by atoms with van der Waals surface area (Å²) in [5.41, 5.74) is 2.94. The maximum absolute atomic E-state index is 14.8. The smallest absolute Gasteiger partial charge is 0.264 e. The molecule has 1 aliphatic carbocycles. The topological polar surface area (TPSA) is 96.0 Å². The first-order valence-electron chi connectivity index (χ1n) is 16.3. The van der Waals surface area contributed by atoms with Crippen LogP contribution in [-0.4, -0.2) is 50.4 Å². The zero-order valence-electron chi connectivity index (χ0n) is 27.3. The van der Waals surface area contributed by atoms with Gasteiger partial charge in [0.1, 0.15) is 18.3 Å². The van der Waals surface area contributed by atoms with E-state index in [9.17, 15) is 18.0 Å². The van der Waals surface area contributed by atoms with E-state index in [1.165, 1.54) is 29.2 Å². The van der Waals surface area contributed by atoms with E-state index >= 15 is 0 Å². The van der Waals surface area contributed by atoms with E-state index in [2.05, 4.69) is 5.32 Å². The molecule has 8 nitrogen and oxygen atoms in total. The highest BCUT2D eigenvalue weighted by molar-refractivity contribution is 7.92. The largest absolute Gasteiger partial charge is 0.492 e. The van der Waals surface area contributed by atoms with E-state index in [0.29, 0.717) is 17.4 Å². The molecule has 4 aromatic rings. The third kappa shape index (κ3) is 8.76. The number of amides is 2. The van der Waals surface area contributed by atoms with Crippen LogP contribution in [-0.2, 0) is 32.6 Å². The molecule has 1 N–H and O–H groups in total. The van der Waals surface area contributed by atoms with Gasteiger partial charge in [-0.2, -0.15) is 0 Å². The Kier molecular flexibility index (Phi) is 11.8. The van der Waals surface area contributed by atoms with Crippen molar-refractivity contribution >= 4 is 39.1 Å². The number of anilines is 1. The Balaban J connectivity index is 1.59. The predicted octanol–water partition coefficient (Wildman–Crippen LogP) is 6.94. The first-order valence-corrected chi connectivity index (χ1v) is 18.2. The fourth-order valence-corrected chi connectivity index (χ4v) is 7.67. The van der Waals surface area contributed by atoms with Gasteiger partial charge in [0.05, 0.1) is 17.2 Å². The van der Waals surface area contributed by atoms with Crippen LogP contribution in [0.3, 0.4) is 0 Å². The first-order chi connectivity index (χ1) is 23.2. The minimum atomic E-state index is -4.30. The van der Waals surface area contributed by atoms with Gasteiger partial charge in [0.2, 0.25) is 11.8 Å². The number of hydrogen-bond donors (Lipinski definition) is 1. The van der Waals surface area contributed by atoms with Gasteiger partial charge in [-0.25, -0.2) is 8.42 Å². The van der Waals surface area contributed by atoms with Crippen LogP contribution in [0.5, 0.6) is 5.75 Å². The highest BCUT2D eigenvalue weighted by Crippen LogP contribution is 2.33. The van der Waals surface area contributed by atoms with Crippen LogP contribution in [0.15, 0.2) is 108 Å². The number of hydrogen-bond acceptors (Lipinski definition) is 5. The SMILES string of the molecule is CCOc1ccccc1N(CC(=O)N(Cc1cccc(C)c1)C(Cc1ccccc1)C(=O)NC1CCCC1)S(=O)(=O)c1ccc(Cl)cc1. The fraction of sp³-hybridized carbons (Fsp3) is 0.316. The summed E-state index contributed by atoms with van der Waals surface area (Å²) in [5, 5.41) is 3.59. The molecule has 1 unspecified atom stereocenters. The van der Waals surface area contributed by atoms with Crippen LogP contribution >= 0.6 is 11.6 Å². The Bertz CT molecular complexity index is 1790. The van der Waals surface area contributed by atoms with Gasteiger partial charge in [-0.1, -0.05) is 96.7 Å². The molecule has 0 saturated heterocycles. The third-order valence-corrected chi connectivity index (χ3v) is 10.5. The summed E-state index contributed by atoms with van der Waals surface area (Å²) in [4.78, 5) is 30.4. The average molecular weight is 688 g/mol. The third-order valence-electron chi connectivity index (χ3n) is 8.52. The zero-order valence-corrected chi connectivity index (χ0v) is 28.9. The van der Waals surface area contributed by atoms with E-state index in [1.807, 2.05) is 61.5 Å². The molecule has 2 amide bonds. The van der Waals surface area contributed by atoms with Gasteiger partial charge < -0.3 is 15.0 Å². The van der Waals surface area contributed by atoms with Crippen LogP contribution in [0.4, 0.5) is 5.69 Å². The number of nitrogens with one attached hydrogen (secondary N) is 1. The van der Waals surface area contributed by atoms with Crippen LogP contribution in [0, 0.1) is 6.92 Å². The molecular formula is C38H42ClN3O5S. The van der Waals surface area contributed by atoms with Gasteiger partial charge in [0.25, 0.3) is 10.0 Å². The molecule has 1 fully saturated rings. The second-order valence-corrected chi connectivity index (χ2v) is 14.4. The first kappa shape index (κ1) is 35.0. The second kappa shape index (κ2) is 16.2. The van der Waals surface area contributed by atoms with Crippen molar-refractivity contribution in [3.8, 4) is 5.75 Å². The van der Waals surface area contributed by atoms with Crippen molar-refractivity contribution in [2.45, 2.75) is 69.5 Å².